The van der Waals surface area contributed by atoms with E-state index in [1.54, 1.807) is 38.1 Å². The molecule has 1 atom stereocenters. The number of anilines is 1. The van der Waals surface area contributed by atoms with Crippen molar-refractivity contribution in [2.45, 2.75) is 26.3 Å². The van der Waals surface area contributed by atoms with Crippen LogP contribution in [0.4, 0.5) is 14.5 Å². The molecule has 2 N–H and O–H groups in total. The maximum absolute atomic E-state index is 13.6. The average molecular weight is 404 g/mol. The van der Waals surface area contributed by atoms with Crippen LogP contribution in [-0.2, 0) is 25.5 Å². The summed E-state index contributed by atoms with van der Waals surface area (Å²) < 4.78 is 31.4. The van der Waals surface area contributed by atoms with Crippen LogP contribution in [0.5, 0.6) is 0 Å². The number of carbonyl (C=O) groups excluding carboxylic acids is 3. The van der Waals surface area contributed by atoms with Gasteiger partial charge in [-0.1, -0.05) is 44.2 Å². The second-order valence-corrected chi connectivity index (χ2v) is 6.73. The summed E-state index contributed by atoms with van der Waals surface area (Å²) in [6, 6.07) is 10.8. The summed E-state index contributed by atoms with van der Waals surface area (Å²) in [5.74, 6) is -3.93. The van der Waals surface area contributed by atoms with Gasteiger partial charge in [-0.05, 0) is 23.6 Å². The number of ether oxygens (including phenoxy) is 1. The Balaban J connectivity index is 1.88. The van der Waals surface area contributed by atoms with Gasteiger partial charge in [0.1, 0.15) is 17.7 Å². The summed E-state index contributed by atoms with van der Waals surface area (Å²) in [4.78, 5) is 36.4. The van der Waals surface area contributed by atoms with Crippen LogP contribution >= 0.6 is 0 Å². The minimum Gasteiger partial charge on any atom is -0.454 e. The van der Waals surface area contributed by atoms with E-state index in [0.29, 0.717) is 6.07 Å². The highest BCUT2D eigenvalue weighted by molar-refractivity contribution is 5.93. The Morgan fingerprint density at radius 3 is 2.31 bits per heavy atom. The number of halogens is 2. The first-order valence-corrected chi connectivity index (χ1v) is 9.01. The number of hydrogen-bond donors (Lipinski definition) is 2. The molecule has 0 saturated carbocycles. The van der Waals surface area contributed by atoms with Gasteiger partial charge in [0.05, 0.1) is 12.1 Å². The van der Waals surface area contributed by atoms with Crippen molar-refractivity contribution < 1.29 is 27.9 Å². The van der Waals surface area contributed by atoms with Crippen molar-refractivity contribution in [1.29, 1.82) is 0 Å². The van der Waals surface area contributed by atoms with Crippen molar-refractivity contribution in [3.63, 3.8) is 0 Å². The van der Waals surface area contributed by atoms with Gasteiger partial charge in [0.15, 0.2) is 6.61 Å². The third-order valence-electron chi connectivity index (χ3n) is 4.00. The molecule has 0 aliphatic carbocycles. The van der Waals surface area contributed by atoms with Crippen molar-refractivity contribution in [1.82, 2.24) is 5.32 Å². The molecule has 0 bridgehead atoms. The number of rotatable bonds is 8. The van der Waals surface area contributed by atoms with E-state index in [0.717, 1.165) is 17.7 Å². The van der Waals surface area contributed by atoms with Gasteiger partial charge in [-0.2, -0.15) is 0 Å². The number of nitrogens with one attached hydrogen (secondary N) is 2. The van der Waals surface area contributed by atoms with Gasteiger partial charge in [-0.3, -0.25) is 9.59 Å². The zero-order valence-electron chi connectivity index (χ0n) is 16.1. The molecule has 0 aromatic heterocycles. The Bertz CT molecular complexity index is 872. The molecular formula is C21H22F2N2O4. The van der Waals surface area contributed by atoms with E-state index in [9.17, 15) is 23.2 Å². The summed E-state index contributed by atoms with van der Waals surface area (Å²) in [5, 5.41) is 4.80. The van der Waals surface area contributed by atoms with Crippen LogP contribution in [0.25, 0.3) is 0 Å². The van der Waals surface area contributed by atoms with Crippen LogP contribution in [0.3, 0.4) is 0 Å². The van der Waals surface area contributed by atoms with Crippen LogP contribution in [0, 0.1) is 17.6 Å². The smallest absolute Gasteiger partial charge is 0.329 e. The van der Waals surface area contributed by atoms with Gasteiger partial charge in [0, 0.05) is 6.07 Å². The first kappa shape index (κ1) is 22.0. The predicted molar refractivity (Wildman–Crippen MR) is 103 cm³/mol. The molecule has 2 rings (SSSR count). The largest absolute Gasteiger partial charge is 0.454 e. The van der Waals surface area contributed by atoms with Crippen LogP contribution in [0.15, 0.2) is 48.5 Å². The zero-order valence-corrected chi connectivity index (χ0v) is 16.1. The molecule has 0 aliphatic heterocycles. The monoisotopic (exact) mass is 404 g/mol. The van der Waals surface area contributed by atoms with E-state index in [1.165, 1.54) is 0 Å². The molecule has 8 heteroatoms. The molecule has 6 nitrogen and oxygen atoms in total. The van der Waals surface area contributed by atoms with Gasteiger partial charge in [0.2, 0.25) is 5.91 Å². The number of carbonyl (C=O) groups is 3. The van der Waals surface area contributed by atoms with Crippen molar-refractivity contribution in [3.8, 4) is 0 Å². The Morgan fingerprint density at radius 1 is 1.00 bits per heavy atom. The van der Waals surface area contributed by atoms with Gasteiger partial charge in [-0.25, -0.2) is 13.6 Å². The van der Waals surface area contributed by atoms with Gasteiger partial charge in [-0.15, -0.1) is 0 Å². The van der Waals surface area contributed by atoms with Crippen LogP contribution in [-0.4, -0.2) is 30.4 Å². The second kappa shape index (κ2) is 10.3. The fourth-order valence-electron chi connectivity index (χ4n) is 2.51. The number of esters is 1. The van der Waals surface area contributed by atoms with Gasteiger partial charge in [0.25, 0.3) is 5.91 Å². The van der Waals surface area contributed by atoms with Crippen molar-refractivity contribution in [2.24, 2.45) is 5.92 Å². The Morgan fingerprint density at radius 2 is 1.69 bits per heavy atom. The molecule has 0 aliphatic rings. The lowest BCUT2D eigenvalue weighted by molar-refractivity contribution is -0.151. The maximum Gasteiger partial charge on any atom is 0.329 e. The number of amides is 2. The first-order valence-electron chi connectivity index (χ1n) is 9.01. The van der Waals surface area contributed by atoms with E-state index in [1.807, 2.05) is 6.07 Å². The molecule has 0 spiro atoms. The van der Waals surface area contributed by atoms with Crippen molar-refractivity contribution in [3.05, 3.63) is 65.7 Å². The standard InChI is InChI=1S/C21H22F2N2O4/c1-13(2)20(25-18(26)10-14-6-4-3-5-7-14)21(28)29-12-19(27)24-17-9-8-15(22)11-16(17)23/h3-9,11,13,20H,10,12H2,1-2H3,(H,24,27)(H,25,26)/t20-/m0/s1. The average Bonchev–Trinajstić information content (AvgIpc) is 2.67. The van der Waals surface area contributed by atoms with E-state index in [2.05, 4.69) is 10.6 Å². The third-order valence-corrected chi connectivity index (χ3v) is 4.00. The summed E-state index contributed by atoms with van der Waals surface area (Å²) in [5.41, 5.74) is 0.561. The lowest BCUT2D eigenvalue weighted by Crippen LogP contribution is -2.46. The van der Waals surface area contributed by atoms with Crippen molar-refractivity contribution in [2.75, 3.05) is 11.9 Å². The Labute approximate surface area is 167 Å². The third kappa shape index (κ3) is 6.99. The Hall–Kier alpha value is -3.29. The van der Waals surface area contributed by atoms with E-state index >= 15 is 0 Å². The lowest BCUT2D eigenvalue weighted by Gasteiger charge is -2.20. The highest BCUT2D eigenvalue weighted by Crippen LogP contribution is 2.14. The normalized spacial score (nSPS) is 11.6. The minimum atomic E-state index is -0.946. The molecule has 2 aromatic rings. The van der Waals surface area contributed by atoms with E-state index in [-0.39, 0.29) is 23.9 Å². The fraction of sp³-hybridized carbons (Fsp3) is 0.286. The quantitative estimate of drug-likeness (QED) is 0.663. The summed E-state index contributed by atoms with van der Waals surface area (Å²) >= 11 is 0. The second-order valence-electron chi connectivity index (χ2n) is 6.73. The van der Waals surface area contributed by atoms with E-state index in [4.69, 9.17) is 4.74 Å². The van der Waals surface area contributed by atoms with Crippen LogP contribution < -0.4 is 10.6 Å². The highest BCUT2D eigenvalue weighted by atomic mass is 19.1. The lowest BCUT2D eigenvalue weighted by atomic mass is 10.0. The molecular weight excluding hydrogens is 382 g/mol. The fourth-order valence-corrected chi connectivity index (χ4v) is 2.51. The highest BCUT2D eigenvalue weighted by Gasteiger charge is 2.26. The zero-order chi connectivity index (χ0) is 21.4. The summed E-state index contributed by atoms with van der Waals surface area (Å²) in [7, 11) is 0. The number of benzene rings is 2. The molecule has 29 heavy (non-hydrogen) atoms. The topological polar surface area (TPSA) is 84.5 Å². The first-order chi connectivity index (χ1) is 13.8. The molecule has 0 radical (unpaired) electrons. The SMILES string of the molecule is CC(C)[C@H](NC(=O)Cc1ccccc1)C(=O)OCC(=O)Nc1ccc(F)cc1F. The predicted octanol–water partition coefficient (Wildman–Crippen LogP) is 2.83. The molecule has 0 heterocycles. The van der Waals surface area contributed by atoms with Crippen LogP contribution in [0.2, 0.25) is 0 Å². The van der Waals surface area contributed by atoms with Crippen LogP contribution in [0.1, 0.15) is 19.4 Å². The number of hydrogen-bond acceptors (Lipinski definition) is 4. The summed E-state index contributed by atoms with van der Waals surface area (Å²) in [6.45, 7) is 2.78. The minimum absolute atomic E-state index is 0.0989. The molecule has 154 valence electrons. The molecule has 2 aromatic carbocycles. The van der Waals surface area contributed by atoms with E-state index < -0.39 is 36.2 Å². The maximum atomic E-state index is 13.6. The van der Waals surface area contributed by atoms with Gasteiger partial charge < -0.3 is 15.4 Å². The van der Waals surface area contributed by atoms with Gasteiger partial charge >= 0.3 is 5.97 Å². The molecule has 0 unspecified atom stereocenters. The summed E-state index contributed by atoms with van der Waals surface area (Å²) in [6.07, 6.45) is 0.0989. The van der Waals surface area contributed by atoms with Crippen molar-refractivity contribution >= 4 is 23.5 Å². The Kier molecular flexibility index (Phi) is 7.82. The molecule has 0 fully saturated rings. The molecule has 0 saturated heterocycles. The molecule has 2 amide bonds.